The van der Waals surface area contributed by atoms with E-state index in [9.17, 15) is 23.6 Å². The summed E-state index contributed by atoms with van der Waals surface area (Å²) in [6, 6.07) is 9.13. The number of ether oxygens (including phenoxy) is 1. The van der Waals surface area contributed by atoms with Crippen LogP contribution in [0.1, 0.15) is 48.0 Å². The van der Waals surface area contributed by atoms with E-state index in [1.165, 1.54) is 4.90 Å². The maximum absolute atomic E-state index is 13.5. The number of carbonyl (C=O) groups excluding carboxylic acids is 1. The molecule has 5 rings (SSSR count). The number of pyridine rings is 1. The van der Waals surface area contributed by atoms with Crippen LogP contribution < -0.4 is 10.9 Å². The van der Waals surface area contributed by atoms with Crippen molar-refractivity contribution < 1.29 is 18.3 Å². The molecule has 0 saturated carbocycles. The van der Waals surface area contributed by atoms with E-state index in [1.807, 2.05) is 0 Å². The average molecular weight is 511 g/mol. The Labute approximate surface area is 212 Å². The van der Waals surface area contributed by atoms with Gasteiger partial charge in [0.25, 0.3) is 17.4 Å². The number of aromatic amines is 1. The molecule has 2 N–H and O–H groups in total. The second-order valence-electron chi connectivity index (χ2n) is 9.85. The summed E-state index contributed by atoms with van der Waals surface area (Å²) in [5.74, 6) is -2.67. The Morgan fingerprint density at radius 3 is 2.73 bits per heavy atom. The van der Waals surface area contributed by atoms with E-state index in [4.69, 9.17) is 9.84 Å². The molecule has 4 heterocycles. The average Bonchev–Trinajstić information content (AvgIpc) is 3.25. The number of piperidine rings is 1. The lowest BCUT2D eigenvalue weighted by atomic mass is 9.89. The van der Waals surface area contributed by atoms with Crippen LogP contribution in [0.2, 0.25) is 0 Å². The van der Waals surface area contributed by atoms with Gasteiger partial charge in [0.15, 0.2) is 5.82 Å². The third-order valence-electron chi connectivity index (χ3n) is 7.26. The van der Waals surface area contributed by atoms with Crippen LogP contribution in [0.5, 0.6) is 0 Å². The lowest BCUT2D eigenvalue weighted by Gasteiger charge is -2.35. The van der Waals surface area contributed by atoms with Crippen molar-refractivity contribution in [3.63, 3.8) is 0 Å². The first-order chi connectivity index (χ1) is 17.7. The molecule has 1 atom stereocenters. The van der Waals surface area contributed by atoms with Gasteiger partial charge in [-0.25, -0.2) is 8.78 Å². The Kier molecular flexibility index (Phi) is 6.45. The molecule has 1 aromatic carbocycles. The fourth-order valence-corrected chi connectivity index (χ4v) is 5.22. The molecule has 194 valence electrons. The number of H-pyrrole nitrogens is 1. The zero-order chi connectivity index (χ0) is 26.2. The summed E-state index contributed by atoms with van der Waals surface area (Å²) in [6.45, 7) is 2.75. The van der Waals surface area contributed by atoms with Gasteiger partial charge in [0.2, 0.25) is 0 Å². The van der Waals surface area contributed by atoms with Crippen molar-refractivity contribution in [3.05, 3.63) is 51.9 Å². The normalized spacial score (nSPS) is 21.5. The first kappa shape index (κ1) is 24.9. The van der Waals surface area contributed by atoms with Crippen LogP contribution in [0.25, 0.3) is 10.9 Å². The molecule has 37 heavy (non-hydrogen) atoms. The summed E-state index contributed by atoms with van der Waals surface area (Å²) in [7, 11) is 0. The Bertz CT molecular complexity index is 1420. The third kappa shape index (κ3) is 4.69. The Morgan fingerprint density at radius 1 is 1.27 bits per heavy atom. The van der Waals surface area contributed by atoms with E-state index in [0.717, 1.165) is 6.42 Å². The summed E-state index contributed by atoms with van der Waals surface area (Å²) in [5, 5.41) is 17.8. The maximum Gasteiger partial charge on any atom is 0.261 e. The molecule has 1 amide bonds. The van der Waals surface area contributed by atoms with Gasteiger partial charge in [0.05, 0.1) is 30.2 Å². The molecule has 0 bridgehead atoms. The zero-order valence-corrected chi connectivity index (χ0v) is 20.5. The number of anilines is 2. The van der Waals surface area contributed by atoms with Crippen LogP contribution in [0.15, 0.2) is 35.3 Å². The summed E-state index contributed by atoms with van der Waals surface area (Å²) >= 11 is 0. The number of carbonyl (C=O) groups is 1. The van der Waals surface area contributed by atoms with Crippen LogP contribution in [-0.4, -0.2) is 57.8 Å². The smallest absolute Gasteiger partial charge is 0.261 e. The molecule has 2 aromatic heterocycles. The van der Waals surface area contributed by atoms with Crippen molar-refractivity contribution >= 4 is 28.3 Å². The minimum Gasteiger partial charge on any atom is -0.379 e. The molecule has 2 aliphatic heterocycles. The van der Waals surface area contributed by atoms with Crippen LogP contribution in [-0.2, 0) is 10.3 Å². The van der Waals surface area contributed by atoms with Crippen molar-refractivity contribution in [1.82, 2.24) is 19.7 Å². The summed E-state index contributed by atoms with van der Waals surface area (Å²) in [5.41, 5.74) is 1.32. The van der Waals surface area contributed by atoms with Gasteiger partial charge in [-0.1, -0.05) is 0 Å². The zero-order valence-electron chi connectivity index (χ0n) is 20.5. The fourth-order valence-electron chi connectivity index (χ4n) is 5.22. The molecule has 3 aromatic rings. The first-order valence-electron chi connectivity index (χ1n) is 12.3. The number of halogens is 2. The number of alkyl halides is 2. The van der Waals surface area contributed by atoms with E-state index in [-0.39, 0.29) is 43.8 Å². The molecule has 1 unspecified atom stereocenters. The number of likely N-dealkylation sites (tertiary alicyclic amines) is 1. The van der Waals surface area contributed by atoms with Gasteiger partial charge in [-0.15, -0.1) is 0 Å². The SMILES string of the molecule is Cc1cc(Nc2nn(C3(CC#N)CCCOC3)c3cc[nH]c(=O)c23)ccc1C(=O)N1CCC(F)(F)CC1. The van der Waals surface area contributed by atoms with Crippen molar-refractivity contribution in [3.8, 4) is 6.07 Å². The molecule has 2 aliphatic rings. The van der Waals surface area contributed by atoms with Gasteiger partial charge >= 0.3 is 0 Å². The Morgan fingerprint density at radius 2 is 2.05 bits per heavy atom. The van der Waals surface area contributed by atoms with Crippen LogP contribution >= 0.6 is 0 Å². The monoisotopic (exact) mass is 510 g/mol. The Hall–Kier alpha value is -3.78. The number of hydrogen-bond donors (Lipinski definition) is 2. The second-order valence-corrected chi connectivity index (χ2v) is 9.85. The number of rotatable bonds is 5. The molecule has 11 heteroatoms. The fraction of sp³-hybridized carbons (Fsp3) is 0.462. The quantitative estimate of drug-likeness (QED) is 0.535. The van der Waals surface area contributed by atoms with E-state index >= 15 is 0 Å². The molecule has 0 spiro atoms. The second kappa shape index (κ2) is 9.59. The predicted octanol–water partition coefficient (Wildman–Crippen LogP) is 4.07. The highest BCUT2D eigenvalue weighted by Crippen LogP contribution is 2.36. The standard InChI is InChI=1S/C26H28F2N6O3/c1-17-15-18(3-4-19(17)24(36)33-12-8-26(27,28)9-13-33)31-22-21-20(5-11-30-23(21)35)34(32-22)25(7-10-29)6-2-14-37-16-25/h3-5,11,15H,2,6-9,12-14,16H2,1H3,(H,30,35)(H,31,32). The largest absolute Gasteiger partial charge is 0.379 e. The molecular weight excluding hydrogens is 482 g/mol. The summed E-state index contributed by atoms with van der Waals surface area (Å²) in [6.07, 6.45) is 2.55. The van der Waals surface area contributed by atoms with Crippen molar-refractivity contribution in [2.24, 2.45) is 0 Å². The van der Waals surface area contributed by atoms with Gasteiger partial charge in [-0.3, -0.25) is 14.3 Å². The minimum absolute atomic E-state index is 0.0195. The molecule has 0 aliphatic carbocycles. The van der Waals surface area contributed by atoms with Gasteiger partial charge < -0.3 is 19.9 Å². The van der Waals surface area contributed by atoms with Crippen molar-refractivity contribution in [1.29, 1.82) is 5.26 Å². The van der Waals surface area contributed by atoms with Crippen molar-refractivity contribution in [2.45, 2.75) is 50.5 Å². The maximum atomic E-state index is 13.5. The lowest BCUT2D eigenvalue weighted by Crippen LogP contribution is -2.42. The lowest BCUT2D eigenvalue weighted by molar-refractivity contribution is -0.0494. The highest BCUT2D eigenvalue weighted by Gasteiger charge is 2.38. The third-order valence-corrected chi connectivity index (χ3v) is 7.26. The molecule has 2 saturated heterocycles. The van der Waals surface area contributed by atoms with Crippen LogP contribution in [0.4, 0.5) is 20.3 Å². The van der Waals surface area contributed by atoms with Crippen LogP contribution in [0.3, 0.4) is 0 Å². The van der Waals surface area contributed by atoms with Gasteiger partial charge in [-0.2, -0.15) is 10.4 Å². The number of hydrogen-bond acceptors (Lipinski definition) is 6. The topological polar surface area (TPSA) is 116 Å². The minimum atomic E-state index is -2.72. The van der Waals surface area contributed by atoms with Crippen molar-refractivity contribution in [2.75, 3.05) is 31.6 Å². The molecule has 9 nitrogen and oxygen atoms in total. The highest BCUT2D eigenvalue weighted by molar-refractivity contribution is 5.96. The number of nitrogens with one attached hydrogen (secondary N) is 2. The molecular formula is C26H28F2N6O3. The van der Waals surface area contributed by atoms with Gasteiger partial charge in [-0.05, 0) is 49.6 Å². The van der Waals surface area contributed by atoms with E-state index < -0.39 is 11.5 Å². The van der Waals surface area contributed by atoms with Gasteiger partial charge in [0.1, 0.15) is 5.39 Å². The van der Waals surface area contributed by atoms with E-state index in [2.05, 4.69) is 16.4 Å². The highest BCUT2D eigenvalue weighted by atomic mass is 19.3. The number of amides is 1. The number of fused-ring (bicyclic) bond motifs is 1. The predicted molar refractivity (Wildman–Crippen MR) is 133 cm³/mol. The number of nitriles is 1. The number of benzene rings is 1. The van der Waals surface area contributed by atoms with E-state index in [0.29, 0.717) is 53.2 Å². The number of nitrogens with zero attached hydrogens (tertiary/aromatic N) is 4. The molecule has 0 radical (unpaired) electrons. The van der Waals surface area contributed by atoms with Crippen LogP contribution in [0, 0.1) is 18.3 Å². The summed E-state index contributed by atoms with van der Waals surface area (Å²) < 4.78 is 34.5. The molecule has 2 fully saturated rings. The first-order valence-corrected chi connectivity index (χ1v) is 12.3. The summed E-state index contributed by atoms with van der Waals surface area (Å²) in [4.78, 5) is 29.9. The van der Waals surface area contributed by atoms with E-state index in [1.54, 1.807) is 42.1 Å². The number of aryl methyl sites for hydroxylation is 1. The Balaban J connectivity index is 1.46. The van der Waals surface area contributed by atoms with Gasteiger partial charge in [0, 0.05) is 50.0 Å². The number of aromatic nitrogens is 3.